The molecule has 2 aromatic carbocycles. The zero-order chi connectivity index (χ0) is 22.3. The van der Waals surface area contributed by atoms with Gasteiger partial charge in [-0.15, -0.1) is 0 Å². The number of rotatable bonds is 6. The maximum absolute atomic E-state index is 13.1. The van der Waals surface area contributed by atoms with Gasteiger partial charge in [-0.25, -0.2) is 4.39 Å². The standard InChI is InChI=1S/C25H33FN4O2/c1-32-24-9-7-23(8-10-24)28-13-2-12-27(15-16-28)14-11-25(31)30-19-17-29(18-20-30)22-5-3-21(26)4-6-22/h3-10H,2,11-20H2,1H3. The number of amides is 1. The number of ether oxygens (including phenoxy) is 1. The molecule has 0 saturated carbocycles. The van der Waals surface area contributed by atoms with Gasteiger partial charge in [0.2, 0.25) is 5.91 Å². The van der Waals surface area contributed by atoms with Crippen molar-refractivity contribution in [2.24, 2.45) is 0 Å². The fourth-order valence-electron chi connectivity index (χ4n) is 4.52. The van der Waals surface area contributed by atoms with Crippen LogP contribution < -0.4 is 14.5 Å². The maximum atomic E-state index is 13.1. The van der Waals surface area contributed by atoms with Gasteiger partial charge in [-0.05, 0) is 61.5 Å². The third kappa shape index (κ3) is 5.71. The minimum Gasteiger partial charge on any atom is -0.497 e. The lowest BCUT2D eigenvalue weighted by molar-refractivity contribution is -0.131. The quantitative estimate of drug-likeness (QED) is 0.690. The predicted molar refractivity (Wildman–Crippen MR) is 126 cm³/mol. The van der Waals surface area contributed by atoms with Gasteiger partial charge >= 0.3 is 0 Å². The van der Waals surface area contributed by atoms with Gasteiger partial charge in [-0.2, -0.15) is 0 Å². The van der Waals surface area contributed by atoms with Gasteiger partial charge in [-0.1, -0.05) is 0 Å². The molecule has 2 saturated heterocycles. The van der Waals surface area contributed by atoms with Gasteiger partial charge in [0.1, 0.15) is 11.6 Å². The number of nitrogens with zero attached hydrogens (tertiary/aromatic N) is 4. The number of piperazine rings is 1. The molecule has 1 amide bonds. The summed E-state index contributed by atoms with van der Waals surface area (Å²) in [6, 6.07) is 14.8. The lowest BCUT2D eigenvalue weighted by Crippen LogP contribution is -2.49. The fourth-order valence-corrected chi connectivity index (χ4v) is 4.52. The van der Waals surface area contributed by atoms with Crippen molar-refractivity contribution in [3.63, 3.8) is 0 Å². The first-order valence-electron chi connectivity index (χ1n) is 11.5. The van der Waals surface area contributed by atoms with Crippen molar-refractivity contribution in [1.29, 1.82) is 0 Å². The van der Waals surface area contributed by atoms with Crippen molar-refractivity contribution >= 4 is 17.3 Å². The fraction of sp³-hybridized carbons (Fsp3) is 0.480. The normalized spacial score (nSPS) is 17.9. The molecule has 2 fully saturated rings. The van der Waals surface area contributed by atoms with E-state index in [4.69, 9.17) is 4.74 Å². The van der Waals surface area contributed by atoms with Crippen LogP contribution in [0.1, 0.15) is 12.8 Å². The van der Waals surface area contributed by atoms with Gasteiger partial charge in [0, 0.05) is 70.2 Å². The zero-order valence-corrected chi connectivity index (χ0v) is 18.9. The largest absolute Gasteiger partial charge is 0.497 e. The van der Waals surface area contributed by atoms with Crippen molar-refractivity contribution in [2.75, 3.05) is 75.8 Å². The van der Waals surface area contributed by atoms with E-state index in [-0.39, 0.29) is 11.7 Å². The van der Waals surface area contributed by atoms with E-state index in [2.05, 4.69) is 26.8 Å². The molecule has 2 heterocycles. The molecule has 2 aliphatic rings. The Kier molecular flexibility index (Phi) is 7.47. The van der Waals surface area contributed by atoms with Gasteiger partial charge in [0.15, 0.2) is 0 Å². The summed E-state index contributed by atoms with van der Waals surface area (Å²) in [4.78, 5) is 21.8. The average molecular weight is 441 g/mol. The third-order valence-electron chi connectivity index (χ3n) is 6.49. The van der Waals surface area contributed by atoms with Crippen LogP contribution in [0.4, 0.5) is 15.8 Å². The average Bonchev–Trinajstić information content (AvgIpc) is 3.09. The highest BCUT2D eigenvalue weighted by atomic mass is 19.1. The molecule has 0 aromatic heterocycles. The molecule has 0 unspecified atom stereocenters. The van der Waals surface area contributed by atoms with Crippen LogP contribution in [0.5, 0.6) is 5.75 Å². The zero-order valence-electron chi connectivity index (χ0n) is 18.9. The van der Waals surface area contributed by atoms with Crippen LogP contribution in [-0.4, -0.2) is 81.7 Å². The highest BCUT2D eigenvalue weighted by Crippen LogP contribution is 2.21. The van der Waals surface area contributed by atoms with E-state index in [0.29, 0.717) is 6.42 Å². The third-order valence-corrected chi connectivity index (χ3v) is 6.49. The maximum Gasteiger partial charge on any atom is 0.223 e. The van der Waals surface area contributed by atoms with E-state index in [1.807, 2.05) is 17.0 Å². The highest BCUT2D eigenvalue weighted by molar-refractivity contribution is 5.76. The monoisotopic (exact) mass is 440 g/mol. The molecule has 172 valence electrons. The number of methoxy groups -OCH3 is 1. The topological polar surface area (TPSA) is 39.3 Å². The minimum absolute atomic E-state index is 0.219. The molecule has 0 spiro atoms. The molecule has 6 nitrogen and oxygen atoms in total. The van der Waals surface area contributed by atoms with Crippen LogP contribution in [0.15, 0.2) is 48.5 Å². The molecule has 0 N–H and O–H groups in total. The first-order chi connectivity index (χ1) is 15.6. The van der Waals surface area contributed by atoms with Crippen molar-refractivity contribution in [3.8, 4) is 5.75 Å². The van der Waals surface area contributed by atoms with E-state index in [1.54, 1.807) is 19.2 Å². The summed E-state index contributed by atoms with van der Waals surface area (Å²) in [5.74, 6) is 0.894. The Labute approximate surface area is 190 Å². The van der Waals surface area contributed by atoms with Crippen LogP contribution in [0.25, 0.3) is 0 Å². The number of anilines is 2. The summed E-state index contributed by atoms with van der Waals surface area (Å²) in [6.07, 6.45) is 1.66. The SMILES string of the molecule is COc1ccc(N2CCCN(CCC(=O)N3CCN(c4ccc(F)cc4)CC3)CC2)cc1. The minimum atomic E-state index is -0.219. The second-order valence-corrected chi connectivity index (χ2v) is 8.47. The summed E-state index contributed by atoms with van der Waals surface area (Å²) in [6.45, 7) is 7.83. The molecule has 2 aromatic rings. The Balaban J connectivity index is 1.20. The van der Waals surface area contributed by atoms with Crippen molar-refractivity contribution in [1.82, 2.24) is 9.80 Å². The first-order valence-corrected chi connectivity index (χ1v) is 11.5. The summed E-state index contributed by atoms with van der Waals surface area (Å²) in [7, 11) is 1.69. The highest BCUT2D eigenvalue weighted by Gasteiger charge is 2.22. The number of halogens is 1. The molecule has 32 heavy (non-hydrogen) atoms. The summed E-state index contributed by atoms with van der Waals surface area (Å²) in [5, 5.41) is 0. The Hall–Kier alpha value is -2.80. The first kappa shape index (κ1) is 22.4. The molecule has 2 aliphatic heterocycles. The summed E-state index contributed by atoms with van der Waals surface area (Å²) < 4.78 is 18.4. The molecule has 0 atom stereocenters. The van der Waals surface area contributed by atoms with Gasteiger partial charge < -0.3 is 24.3 Å². The molecule has 0 bridgehead atoms. The molecule has 7 heteroatoms. The molecule has 0 aliphatic carbocycles. The lowest BCUT2D eigenvalue weighted by atomic mass is 10.2. The van der Waals surface area contributed by atoms with E-state index >= 15 is 0 Å². The molecular formula is C25H33FN4O2. The number of carbonyl (C=O) groups excluding carboxylic acids is 1. The van der Waals surface area contributed by atoms with Crippen molar-refractivity contribution in [3.05, 3.63) is 54.3 Å². The second kappa shape index (κ2) is 10.7. The van der Waals surface area contributed by atoms with E-state index in [1.165, 1.54) is 17.8 Å². The number of hydrogen-bond donors (Lipinski definition) is 0. The van der Waals surface area contributed by atoms with Gasteiger partial charge in [0.25, 0.3) is 0 Å². The number of carbonyl (C=O) groups is 1. The second-order valence-electron chi connectivity index (χ2n) is 8.47. The molecule has 0 radical (unpaired) electrons. The number of benzene rings is 2. The Bertz CT molecular complexity index is 867. The van der Waals surface area contributed by atoms with E-state index in [0.717, 1.165) is 76.8 Å². The lowest BCUT2D eigenvalue weighted by Gasteiger charge is -2.36. The van der Waals surface area contributed by atoms with Crippen LogP contribution in [0, 0.1) is 5.82 Å². The Morgan fingerprint density at radius 1 is 0.812 bits per heavy atom. The Morgan fingerprint density at radius 3 is 2.06 bits per heavy atom. The van der Waals surface area contributed by atoms with Crippen molar-refractivity contribution < 1.29 is 13.9 Å². The molecule has 4 rings (SSSR count). The predicted octanol–water partition coefficient (Wildman–Crippen LogP) is 3.09. The smallest absolute Gasteiger partial charge is 0.223 e. The van der Waals surface area contributed by atoms with Crippen LogP contribution in [-0.2, 0) is 4.79 Å². The van der Waals surface area contributed by atoms with E-state index < -0.39 is 0 Å². The van der Waals surface area contributed by atoms with Gasteiger partial charge in [-0.3, -0.25) is 4.79 Å². The molecular weight excluding hydrogens is 407 g/mol. The number of hydrogen-bond acceptors (Lipinski definition) is 5. The van der Waals surface area contributed by atoms with Crippen molar-refractivity contribution in [2.45, 2.75) is 12.8 Å². The van der Waals surface area contributed by atoms with Crippen LogP contribution in [0.3, 0.4) is 0 Å². The van der Waals surface area contributed by atoms with Crippen LogP contribution >= 0.6 is 0 Å². The summed E-state index contributed by atoms with van der Waals surface area (Å²) >= 11 is 0. The summed E-state index contributed by atoms with van der Waals surface area (Å²) in [5.41, 5.74) is 2.24. The van der Waals surface area contributed by atoms with E-state index in [9.17, 15) is 9.18 Å². The Morgan fingerprint density at radius 2 is 1.41 bits per heavy atom. The van der Waals surface area contributed by atoms with Gasteiger partial charge in [0.05, 0.1) is 7.11 Å². The van der Waals surface area contributed by atoms with Crippen LogP contribution in [0.2, 0.25) is 0 Å².